The SMILES string of the molecule is O=C(Nc1ccc([N+](=O)[O-])c(C(F)(F)F)c1)c1ccc(-c2cccc(C(F)(F)F)c2)o1. The van der Waals surface area contributed by atoms with E-state index in [4.69, 9.17) is 4.42 Å². The molecule has 6 nitrogen and oxygen atoms in total. The standard InChI is InChI=1S/C19H10F6N2O4/c20-18(21,22)11-3-1-2-10(8-11)15-6-7-16(31-15)17(28)26-12-4-5-14(27(29)30)13(9-12)19(23,24)25/h1-9H,(H,26,28). The lowest BCUT2D eigenvalue weighted by atomic mass is 10.1. The number of hydrogen-bond donors (Lipinski definition) is 1. The summed E-state index contributed by atoms with van der Waals surface area (Å²) in [4.78, 5) is 21.8. The summed E-state index contributed by atoms with van der Waals surface area (Å²) < 4.78 is 82.9. The third kappa shape index (κ3) is 4.85. The van der Waals surface area contributed by atoms with Crippen molar-refractivity contribution in [2.75, 3.05) is 5.32 Å². The number of benzene rings is 2. The monoisotopic (exact) mass is 444 g/mol. The van der Waals surface area contributed by atoms with Gasteiger partial charge in [-0.1, -0.05) is 12.1 Å². The molecule has 3 rings (SSSR count). The van der Waals surface area contributed by atoms with Crippen LogP contribution in [0.2, 0.25) is 0 Å². The molecule has 31 heavy (non-hydrogen) atoms. The van der Waals surface area contributed by atoms with Crippen LogP contribution in [0.4, 0.5) is 37.7 Å². The van der Waals surface area contributed by atoms with Gasteiger partial charge in [0.25, 0.3) is 11.6 Å². The zero-order valence-electron chi connectivity index (χ0n) is 15.0. The van der Waals surface area contributed by atoms with Gasteiger partial charge in [0.2, 0.25) is 0 Å². The summed E-state index contributed by atoms with van der Waals surface area (Å²) in [6.07, 6.45) is -9.63. The van der Waals surface area contributed by atoms with Gasteiger partial charge in [-0.2, -0.15) is 26.3 Å². The molecule has 0 radical (unpaired) electrons. The summed E-state index contributed by atoms with van der Waals surface area (Å²) in [5.41, 5.74) is -4.03. The predicted octanol–water partition coefficient (Wildman–Crippen LogP) is 6.14. The molecule has 2 aromatic carbocycles. The molecule has 1 N–H and O–H groups in total. The minimum absolute atomic E-state index is 0.0311. The Labute approximate surface area is 169 Å². The van der Waals surface area contributed by atoms with Crippen molar-refractivity contribution in [3.63, 3.8) is 0 Å². The highest BCUT2D eigenvalue weighted by atomic mass is 19.4. The van der Waals surface area contributed by atoms with E-state index in [1.807, 2.05) is 0 Å². The Morgan fingerprint density at radius 1 is 0.935 bits per heavy atom. The van der Waals surface area contributed by atoms with Crippen LogP contribution in [0.15, 0.2) is 59.0 Å². The summed E-state index contributed by atoms with van der Waals surface area (Å²) in [5, 5.41) is 12.9. The fourth-order valence-electron chi connectivity index (χ4n) is 2.66. The largest absolute Gasteiger partial charge is 0.451 e. The zero-order chi connectivity index (χ0) is 23.0. The van der Waals surface area contributed by atoms with E-state index in [0.717, 1.165) is 30.3 Å². The number of halogens is 6. The number of nitrogens with one attached hydrogen (secondary N) is 1. The van der Waals surface area contributed by atoms with Crippen molar-refractivity contribution in [1.29, 1.82) is 0 Å². The number of anilines is 1. The lowest BCUT2D eigenvalue weighted by Gasteiger charge is -2.10. The maximum absolute atomic E-state index is 13.0. The lowest BCUT2D eigenvalue weighted by Crippen LogP contribution is -2.13. The summed E-state index contributed by atoms with van der Waals surface area (Å²) in [7, 11) is 0. The Morgan fingerprint density at radius 2 is 1.65 bits per heavy atom. The van der Waals surface area contributed by atoms with Crippen molar-refractivity contribution < 1.29 is 40.5 Å². The van der Waals surface area contributed by atoms with Crippen LogP contribution in [0.25, 0.3) is 11.3 Å². The number of nitro benzene ring substituents is 1. The van der Waals surface area contributed by atoms with Crippen molar-refractivity contribution in [2.45, 2.75) is 12.4 Å². The molecule has 0 spiro atoms. The van der Waals surface area contributed by atoms with Crippen LogP contribution in [0.1, 0.15) is 21.7 Å². The maximum atomic E-state index is 13.0. The summed E-state index contributed by atoms with van der Waals surface area (Å²) >= 11 is 0. The minimum Gasteiger partial charge on any atom is -0.451 e. The van der Waals surface area contributed by atoms with Crippen LogP contribution < -0.4 is 5.32 Å². The van der Waals surface area contributed by atoms with Crippen molar-refractivity contribution in [2.24, 2.45) is 0 Å². The first-order valence-corrected chi connectivity index (χ1v) is 8.31. The molecule has 3 aromatic rings. The van der Waals surface area contributed by atoms with Crippen molar-refractivity contribution >= 4 is 17.3 Å². The van der Waals surface area contributed by atoms with E-state index in [1.54, 1.807) is 0 Å². The number of hydrogen-bond acceptors (Lipinski definition) is 4. The highest BCUT2D eigenvalue weighted by Gasteiger charge is 2.38. The summed E-state index contributed by atoms with van der Waals surface area (Å²) in [6, 6.07) is 8.38. The molecule has 0 aliphatic rings. The van der Waals surface area contributed by atoms with E-state index in [2.05, 4.69) is 5.32 Å². The fraction of sp³-hybridized carbons (Fsp3) is 0.105. The predicted molar refractivity (Wildman–Crippen MR) is 95.2 cm³/mol. The van der Waals surface area contributed by atoms with Gasteiger partial charge >= 0.3 is 12.4 Å². The molecule has 0 saturated carbocycles. The van der Waals surface area contributed by atoms with E-state index in [-0.39, 0.29) is 22.8 Å². The van der Waals surface area contributed by atoms with Crippen LogP contribution in [0, 0.1) is 10.1 Å². The van der Waals surface area contributed by atoms with E-state index < -0.39 is 40.0 Å². The van der Waals surface area contributed by atoms with E-state index in [1.165, 1.54) is 12.1 Å². The molecule has 0 bridgehead atoms. The second kappa shape index (κ2) is 7.78. The number of amides is 1. The molecule has 0 atom stereocenters. The van der Waals surface area contributed by atoms with Crippen LogP contribution in [-0.4, -0.2) is 10.8 Å². The first-order valence-electron chi connectivity index (χ1n) is 8.31. The molecule has 0 aliphatic carbocycles. The van der Waals surface area contributed by atoms with Gasteiger partial charge in [0.15, 0.2) is 5.76 Å². The van der Waals surface area contributed by atoms with E-state index in [9.17, 15) is 41.3 Å². The minimum atomic E-state index is -5.04. The van der Waals surface area contributed by atoms with Crippen LogP contribution >= 0.6 is 0 Å². The Bertz CT molecular complexity index is 1150. The van der Waals surface area contributed by atoms with Gasteiger partial charge in [0, 0.05) is 17.3 Å². The molecule has 0 saturated heterocycles. The van der Waals surface area contributed by atoms with Crippen molar-refractivity contribution in [3.8, 4) is 11.3 Å². The molecular formula is C19H10F6N2O4. The molecule has 1 amide bonds. The second-order valence-corrected chi connectivity index (χ2v) is 6.18. The summed E-state index contributed by atoms with van der Waals surface area (Å²) in [5.74, 6) is -1.46. The van der Waals surface area contributed by atoms with Crippen LogP contribution in [0.5, 0.6) is 0 Å². The van der Waals surface area contributed by atoms with Gasteiger partial charge in [0.05, 0.1) is 10.5 Å². The number of alkyl halides is 6. The highest BCUT2D eigenvalue weighted by Crippen LogP contribution is 2.38. The topological polar surface area (TPSA) is 85.4 Å². The number of nitro groups is 1. The number of furan rings is 1. The van der Waals surface area contributed by atoms with Gasteiger partial charge in [-0.3, -0.25) is 14.9 Å². The fourth-order valence-corrected chi connectivity index (χ4v) is 2.66. The molecule has 162 valence electrons. The molecule has 0 unspecified atom stereocenters. The van der Waals surface area contributed by atoms with Gasteiger partial charge in [-0.15, -0.1) is 0 Å². The first-order chi connectivity index (χ1) is 14.4. The van der Waals surface area contributed by atoms with Gasteiger partial charge in [-0.05, 0) is 36.4 Å². The van der Waals surface area contributed by atoms with E-state index in [0.29, 0.717) is 12.1 Å². The Kier molecular flexibility index (Phi) is 5.49. The lowest BCUT2D eigenvalue weighted by molar-refractivity contribution is -0.388. The third-order valence-electron chi connectivity index (χ3n) is 4.06. The number of carbonyl (C=O) groups excluding carboxylic acids is 1. The number of nitrogens with zero attached hydrogens (tertiary/aromatic N) is 1. The molecule has 12 heteroatoms. The van der Waals surface area contributed by atoms with Crippen molar-refractivity contribution in [3.05, 3.63) is 81.6 Å². The molecule has 0 fully saturated rings. The average Bonchev–Trinajstić information content (AvgIpc) is 3.17. The smallest absolute Gasteiger partial charge is 0.423 e. The number of rotatable bonds is 4. The summed E-state index contributed by atoms with van der Waals surface area (Å²) in [6.45, 7) is 0. The quantitative estimate of drug-likeness (QED) is 0.297. The third-order valence-corrected chi connectivity index (χ3v) is 4.06. The van der Waals surface area contributed by atoms with E-state index >= 15 is 0 Å². The zero-order valence-corrected chi connectivity index (χ0v) is 15.0. The van der Waals surface area contributed by atoms with Gasteiger partial charge in [-0.25, -0.2) is 0 Å². The molecule has 1 aromatic heterocycles. The average molecular weight is 444 g/mol. The normalized spacial score (nSPS) is 11.9. The highest BCUT2D eigenvalue weighted by molar-refractivity contribution is 6.02. The Morgan fingerprint density at radius 3 is 2.26 bits per heavy atom. The molecule has 1 heterocycles. The molecular weight excluding hydrogens is 434 g/mol. The second-order valence-electron chi connectivity index (χ2n) is 6.18. The Hall–Kier alpha value is -3.83. The first kappa shape index (κ1) is 21.9. The van der Waals surface area contributed by atoms with Crippen LogP contribution in [-0.2, 0) is 12.4 Å². The van der Waals surface area contributed by atoms with Crippen LogP contribution in [0.3, 0.4) is 0 Å². The van der Waals surface area contributed by atoms with Gasteiger partial charge in [0.1, 0.15) is 11.3 Å². The number of carbonyl (C=O) groups is 1. The van der Waals surface area contributed by atoms with Crippen molar-refractivity contribution in [1.82, 2.24) is 0 Å². The molecule has 0 aliphatic heterocycles. The Balaban J connectivity index is 1.85. The maximum Gasteiger partial charge on any atom is 0.423 e. The van der Waals surface area contributed by atoms with Gasteiger partial charge < -0.3 is 9.73 Å².